The number of hydrogen-bond donors (Lipinski definition) is 1. The molecule has 1 aromatic rings. The molecule has 2 amide bonds. The average Bonchev–Trinajstić information content (AvgIpc) is 2.69. The van der Waals surface area contributed by atoms with Crippen molar-refractivity contribution in [1.82, 2.24) is 10.2 Å². The summed E-state index contributed by atoms with van der Waals surface area (Å²) in [5.41, 5.74) is -1.13. The number of para-hydroxylation sites is 1. The monoisotopic (exact) mass is 434 g/mol. The summed E-state index contributed by atoms with van der Waals surface area (Å²) >= 11 is -1.67. The van der Waals surface area contributed by atoms with E-state index in [4.69, 9.17) is 9.47 Å². The molecule has 1 N–H and O–H groups in total. The van der Waals surface area contributed by atoms with Crippen molar-refractivity contribution in [1.29, 1.82) is 0 Å². The molecule has 0 aromatic heterocycles. The number of carbonyl (C=O) groups excluding carboxylic acids is 4. The molecule has 1 saturated heterocycles. The Kier molecular flexibility index (Phi) is 6.18. The van der Waals surface area contributed by atoms with E-state index in [0.29, 0.717) is 12.0 Å². The van der Waals surface area contributed by atoms with Crippen LogP contribution >= 0.6 is 0 Å². The van der Waals surface area contributed by atoms with Gasteiger partial charge in [-0.05, 0) is 44.1 Å². The Morgan fingerprint density at radius 3 is 2.57 bits per heavy atom. The van der Waals surface area contributed by atoms with Gasteiger partial charge in [0, 0.05) is 0 Å². The summed E-state index contributed by atoms with van der Waals surface area (Å²) in [5.74, 6) is -1.78. The standard InChI is InChI=1S/C20H22N2O7S/c1-20(2,3)29-19(26)16-12(9-23)11-30(27)18-15(17(25)22(16)18)21-14(24)10-28-13-7-5-4-6-8-13/h4-9,15,18H,10-11H2,1-3H3,(H,21,24)/t15?,18-,30?/m0/s1. The number of nitrogens with one attached hydrogen (secondary N) is 1. The molecule has 0 spiro atoms. The first-order chi connectivity index (χ1) is 14.1. The van der Waals surface area contributed by atoms with Crippen LogP contribution in [0.25, 0.3) is 0 Å². The quantitative estimate of drug-likeness (QED) is 0.295. The highest BCUT2D eigenvalue weighted by molar-refractivity contribution is 7.92. The summed E-state index contributed by atoms with van der Waals surface area (Å²) in [7, 11) is 0. The smallest absolute Gasteiger partial charge is 0.356 e. The van der Waals surface area contributed by atoms with Gasteiger partial charge in [0.15, 0.2) is 18.9 Å². The molecule has 0 saturated carbocycles. The molecule has 1 fully saturated rings. The number of β-lactam (4-membered cyclic amide) rings is 1. The summed E-state index contributed by atoms with van der Waals surface area (Å²) in [5, 5.41) is 1.54. The SMILES string of the molecule is CC(C)(C)OC(=O)C1=C(C=O)C[S+]([O-])[C@H]2C(NC(=O)COc3ccccc3)C(=O)N12. The van der Waals surface area contributed by atoms with Gasteiger partial charge in [0.2, 0.25) is 5.37 Å². The van der Waals surface area contributed by atoms with Gasteiger partial charge in [0.1, 0.15) is 22.8 Å². The van der Waals surface area contributed by atoms with E-state index >= 15 is 0 Å². The fraction of sp³-hybridized carbons (Fsp3) is 0.400. The minimum absolute atomic E-state index is 0.0654. The lowest BCUT2D eigenvalue weighted by Crippen LogP contribution is -2.75. The minimum atomic E-state index is -1.67. The molecule has 0 bridgehead atoms. The Morgan fingerprint density at radius 1 is 1.30 bits per heavy atom. The predicted octanol–water partition coefficient (Wildman–Crippen LogP) is 0.276. The van der Waals surface area contributed by atoms with Gasteiger partial charge in [0.25, 0.3) is 11.8 Å². The van der Waals surface area contributed by atoms with Crippen LogP contribution in [0.2, 0.25) is 0 Å². The van der Waals surface area contributed by atoms with E-state index in [1.807, 2.05) is 0 Å². The van der Waals surface area contributed by atoms with Crippen molar-refractivity contribution in [2.75, 3.05) is 12.4 Å². The van der Waals surface area contributed by atoms with Crippen molar-refractivity contribution in [3.05, 3.63) is 41.6 Å². The molecule has 10 heteroatoms. The molecule has 160 valence electrons. The molecule has 2 aliphatic heterocycles. The number of hydrogen-bond acceptors (Lipinski definition) is 7. The van der Waals surface area contributed by atoms with Gasteiger partial charge in [-0.1, -0.05) is 18.2 Å². The Labute approximate surface area is 176 Å². The maximum atomic E-state index is 12.7. The van der Waals surface area contributed by atoms with E-state index in [9.17, 15) is 23.7 Å². The first-order valence-corrected chi connectivity index (χ1v) is 10.6. The molecule has 3 rings (SSSR count). The zero-order chi connectivity index (χ0) is 22.1. The van der Waals surface area contributed by atoms with E-state index in [1.54, 1.807) is 51.1 Å². The molecule has 2 unspecified atom stereocenters. The van der Waals surface area contributed by atoms with E-state index in [1.165, 1.54) is 0 Å². The highest BCUT2D eigenvalue weighted by Gasteiger charge is 2.61. The minimum Gasteiger partial charge on any atom is -0.614 e. The summed E-state index contributed by atoms with van der Waals surface area (Å²) in [6.07, 6.45) is 0.403. The van der Waals surface area contributed by atoms with Gasteiger partial charge in [-0.25, -0.2) is 4.79 Å². The van der Waals surface area contributed by atoms with Crippen molar-refractivity contribution in [2.45, 2.75) is 37.8 Å². The number of nitrogens with zero attached hydrogens (tertiary/aromatic N) is 1. The van der Waals surface area contributed by atoms with E-state index in [2.05, 4.69) is 5.32 Å². The zero-order valence-electron chi connectivity index (χ0n) is 16.7. The lowest BCUT2D eigenvalue weighted by atomic mass is 10.0. The number of aldehydes is 1. The molecular weight excluding hydrogens is 412 g/mol. The normalized spacial score (nSPS) is 23.3. The summed E-state index contributed by atoms with van der Waals surface area (Å²) in [4.78, 5) is 49.9. The molecule has 9 nitrogen and oxygen atoms in total. The fourth-order valence-corrected chi connectivity index (χ4v) is 4.71. The second-order valence-corrected chi connectivity index (χ2v) is 9.30. The number of rotatable bonds is 6. The van der Waals surface area contributed by atoms with Gasteiger partial charge in [0.05, 0.1) is 5.57 Å². The highest BCUT2D eigenvalue weighted by atomic mass is 32.2. The van der Waals surface area contributed by atoms with Crippen LogP contribution in [-0.4, -0.2) is 62.9 Å². The number of fused-ring (bicyclic) bond motifs is 1. The molecule has 30 heavy (non-hydrogen) atoms. The van der Waals surface area contributed by atoms with E-state index in [0.717, 1.165) is 4.90 Å². The number of esters is 1. The molecule has 3 atom stereocenters. The lowest BCUT2D eigenvalue weighted by Gasteiger charge is -2.48. The van der Waals surface area contributed by atoms with E-state index < -0.39 is 46.0 Å². The first-order valence-electron chi connectivity index (χ1n) is 9.21. The van der Waals surface area contributed by atoms with Crippen LogP contribution in [-0.2, 0) is 35.1 Å². The Balaban J connectivity index is 1.71. The van der Waals surface area contributed by atoms with Crippen LogP contribution in [0.3, 0.4) is 0 Å². The molecular formula is C20H22N2O7S. The van der Waals surface area contributed by atoms with Gasteiger partial charge < -0.3 is 19.3 Å². The van der Waals surface area contributed by atoms with Crippen LogP contribution in [0.4, 0.5) is 0 Å². The van der Waals surface area contributed by atoms with Gasteiger partial charge in [-0.15, -0.1) is 0 Å². The van der Waals surface area contributed by atoms with Crippen molar-refractivity contribution in [3.63, 3.8) is 0 Å². The third-order valence-electron chi connectivity index (χ3n) is 4.32. The Hall–Kier alpha value is -2.85. The van der Waals surface area contributed by atoms with Crippen molar-refractivity contribution < 1.29 is 33.2 Å². The number of benzene rings is 1. The summed E-state index contributed by atoms with van der Waals surface area (Å²) < 4.78 is 23.2. The van der Waals surface area contributed by atoms with E-state index in [-0.39, 0.29) is 23.6 Å². The predicted molar refractivity (Wildman–Crippen MR) is 106 cm³/mol. The van der Waals surface area contributed by atoms with Gasteiger partial charge in [-0.2, -0.15) is 0 Å². The van der Waals surface area contributed by atoms with Crippen molar-refractivity contribution >= 4 is 35.2 Å². The maximum Gasteiger partial charge on any atom is 0.356 e. The van der Waals surface area contributed by atoms with Gasteiger partial charge in [-0.3, -0.25) is 19.3 Å². The van der Waals surface area contributed by atoms with Crippen LogP contribution in [0, 0.1) is 0 Å². The number of amides is 2. The average molecular weight is 434 g/mol. The lowest BCUT2D eigenvalue weighted by molar-refractivity contribution is -0.159. The Bertz CT molecular complexity index is 894. The molecule has 2 aliphatic rings. The summed E-state index contributed by atoms with van der Waals surface area (Å²) in [6, 6.07) is 7.58. The summed E-state index contributed by atoms with van der Waals surface area (Å²) in [6.45, 7) is 4.62. The topological polar surface area (TPSA) is 125 Å². The third kappa shape index (κ3) is 4.49. The van der Waals surface area contributed by atoms with Crippen LogP contribution in [0.15, 0.2) is 41.6 Å². The van der Waals surface area contributed by atoms with Crippen LogP contribution in [0.1, 0.15) is 20.8 Å². The molecule has 1 aromatic carbocycles. The van der Waals surface area contributed by atoms with Gasteiger partial charge >= 0.3 is 5.97 Å². The zero-order valence-corrected chi connectivity index (χ0v) is 17.6. The highest BCUT2D eigenvalue weighted by Crippen LogP contribution is 2.37. The van der Waals surface area contributed by atoms with Crippen molar-refractivity contribution in [3.8, 4) is 5.75 Å². The fourth-order valence-electron chi connectivity index (χ4n) is 3.09. The second-order valence-electron chi connectivity index (χ2n) is 7.76. The number of ether oxygens (including phenoxy) is 2. The number of carbonyl (C=O) groups is 4. The van der Waals surface area contributed by atoms with Crippen LogP contribution < -0.4 is 10.1 Å². The molecule has 0 aliphatic carbocycles. The maximum absolute atomic E-state index is 12.7. The van der Waals surface area contributed by atoms with Crippen LogP contribution in [0.5, 0.6) is 5.75 Å². The third-order valence-corrected chi connectivity index (χ3v) is 5.94. The molecule has 2 heterocycles. The van der Waals surface area contributed by atoms with Crippen molar-refractivity contribution in [2.24, 2.45) is 0 Å². The second kappa shape index (κ2) is 8.49. The first kappa shape index (κ1) is 21.8. The Morgan fingerprint density at radius 2 is 1.97 bits per heavy atom. The molecule has 0 radical (unpaired) electrons. The largest absolute Gasteiger partial charge is 0.614 e.